The fraction of sp³-hybridized carbons (Fsp3) is 0.556. The predicted octanol–water partition coefficient (Wildman–Crippen LogP) is 0.458. The summed E-state index contributed by atoms with van der Waals surface area (Å²) in [6.45, 7) is 8.62. The van der Waals surface area contributed by atoms with E-state index >= 15 is 0 Å². The Balaban J connectivity index is 1.68. The number of piperazine rings is 1. The van der Waals surface area contributed by atoms with E-state index in [1.165, 1.54) is 5.69 Å². The Morgan fingerprint density at radius 3 is 2.28 bits per heavy atom. The van der Waals surface area contributed by atoms with Crippen molar-refractivity contribution in [3.05, 3.63) is 24.3 Å². The number of methoxy groups -OCH3 is 1. The van der Waals surface area contributed by atoms with Crippen LogP contribution in [0.15, 0.2) is 24.3 Å². The van der Waals surface area contributed by atoms with Crippen LogP contribution in [0.5, 0.6) is 5.75 Å². The maximum Gasteiger partial charge on any atom is 0.309 e. The molecule has 1 fully saturated rings. The topological polar surface area (TPSA) is 73.9 Å². The van der Waals surface area contributed by atoms with Gasteiger partial charge in [0.15, 0.2) is 0 Å². The number of carbonyl (C=O) groups is 2. The molecule has 0 aliphatic carbocycles. The summed E-state index contributed by atoms with van der Waals surface area (Å²) in [6, 6.07) is 8.05. The third kappa shape index (κ3) is 5.94. The van der Waals surface area contributed by atoms with Crippen LogP contribution in [-0.2, 0) is 9.59 Å². The maximum absolute atomic E-state index is 11.6. The molecule has 2 rings (SSSR count). The number of hydrogen-bond acceptors (Lipinski definition) is 5. The summed E-state index contributed by atoms with van der Waals surface area (Å²) in [6.07, 6.45) is 0. The van der Waals surface area contributed by atoms with Gasteiger partial charge >= 0.3 is 11.8 Å². The summed E-state index contributed by atoms with van der Waals surface area (Å²) in [5.41, 5.74) is 1.19. The summed E-state index contributed by atoms with van der Waals surface area (Å²) >= 11 is 0. The number of benzene rings is 1. The molecule has 0 radical (unpaired) electrons. The van der Waals surface area contributed by atoms with Crippen LogP contribution in [0, 0.1) is 0 Å². The van der Waals surface area contributed by atoms with Gasteiger partial charge in [-0.05, 0) is 38.1 Å². The molecule has 7 nitrogen and oxygen atoms in total. The summed E-state index contributed by atoms with van der Waals surface area (Å²) in [5.74, 6) is -0.274. The standard InChI is InChI=1S/C18H28N4O3/c1-14(2)20-18(24)17(23)19-8-9-21-10-12-22(13-11-21)15-4-6-16(25-3)7-5-15/h4-7,14H,8-13H2,1-3H3,(H,19,23)(H,20,24). The molecule has 0 spiro atoms. The first-order chi connectivity index (χ1) is 12.0. The smallest absolute Gasteiger partial charge is 0.309 e. The highest BCUT2D eigenvalue weighted by molar-refractivity contribution is 6.35. The van der Waals surface area contributed by atoms with Gasteiger partial charge in [0.25, 0.3) is 0 Å². The van der Waals surface area contributed by atoms with Crippen molar-refractivity contribution in [1.29, 1.82) is 0 Å². The number of hydrogen-bond donors (Lipinski definition) is 2. The van der Waals surface area contributed by atoms with Gasteiger partial charge < -0.3 is 20.3 Å². The van der Waals surface area contributed by atoms with Crippen LogP contribution in [0.25, 0.3) is 0 Å². The molecule has 0 atom stereocenters. The molecule has 1 aliphatic heterocycles. The second kappa shape index (κ2) is 9.27. The molecule has 1 aromatic rings. The van der Waals surface area contributed by atoms with Crippen molar-refractivity contribution in [2.45, 2.75) is 19.9 Å². The molecule has 138 valence electrons. The molecule has 25 heavy (non-hydrogen) atoms. The number of nitrogens with one attached hydrogen (secondary N) is 2. The van der Waals surface area contributed by atoms with E-state index in [9.17, 15) is 9.59 Å². The molecule has 0 bridgehead atoms. The largest absolute Gasteiger partial charge is 0.497 e. The first kappa shape index (κ1) is 19.1. The number of rotatable bonds is 6. The van der Waals surface area contributed by atoms with E-state index in [0.717, 1.165) is 38.5 Å². The molecule has 1 saturated heterocycles. The van der Waals surface area contributed by atoms with Gasteiger partial charge in [0.05, 0.1) is 7.11 Å². The van der Waals surface area contributed by atoms with E-state index in [4.69, 9.17) is 4.74 Å². The molecule has 2 N–H and O–H groups in total. The van der Waals surface area contributed by atoms with Gasteiger partial charge in [-0.1, -0.05) is 0 Å². The van der Waals surface area contributed by atoms with Gasteiger partial charge in [-0.2, -0.15) is 0 Å². The highest BCUT2D eigenvalue weighted by Gasteiger charge is 2.18. The summed E-state index contributed by atoms with van der Waals surface area (Å²) in [5, 5.41) is 5.25. The first-order valence-corrected chi connectivity index (χ1v) is 8.69. The molecule has 0 unspecified atom stereocenters. The summed E-state index contributed by atoms with van der Waals surface area (Å²) in [7, 11) is 1.67. The van der Waals surface area contributed by atoms with Crippen molar-refractivity contribution in [2.24, 2.45) is 0 Å². The van der Waals surface area contributed by atoms with Gasteiger partial charge in [0, 0.05) is 51.0 Å². The molecule has 0 saturated carbocycles. The van der Waals surface area contributed by atoms with Gasteiger partial charge in [-0.15, -0.1) is 0 Å². The fourth-order valence-corrected chi connectivity index (χ4v) is 2.76. The lowest BCUT2D eigenvalue weighted by Crippen LogP contribution is -2.49. The zero-order valence-electron chi connectivity index (χ0n) is 15.2. The second-order valence-electron chi connectivity index (χ2n) is 6.41. The van der Waals surface area contributed by atoms with Crippen molar-refractivity contribution >= 4 is 17.5 Å². The highest BCUT2D eigenvalue weighted by atomic mass is 16.5. The molecular formula is C18H28N4O3. The van der Waals surface area contributed by atoms with E-state index in [-0.39, 0.29) is 6.04 Å². The minimum absolute atomic E-state index is 0.0377. The fourth-order valence-electron chi connectivity index (χ4n) is 2.76. The Morgan fingerprint density at radius 2 is 1.72 bits per heavy atom. The lowest BCUT2D eigenvalue weighted by Gasteiger charge is -2.36. The SMILES string of the molecule is COc1ccc(N2CCN(CCNC(=O)C(=O)NC(C)C)CC2)cc1. The minimum Gasteiger partial charge on any atom is -0.497 e. The van der Waals surface area contributed by atoms with E-state index < -0.39 is 11.8 Å². The van der Waals surface area contributed by atoms with E-state index in [0.29, 0.717) is 6.54 Å². The average molecular weight is 348 g/mol. The molecule has 7 heteroatoms. The minimum atomic E-state index is -0.570. The van der Waals surface area contributed by atoms with Crippen LogP contribution in [0.3, 0.4) is 0 Å². The van der Waals surface area contributed by atoms with Crippen LogP contribution in [0.2, 0.25) is 0 Å². The van der Waals surface area contributed by atoms with Crippen LogP contribution in [0.1, 0.15) is 13.8 Å². The second-order valence-corrected chi connectivity index (χ2v) is 6.41. The zero-order chi connectivity index (χ0) is 18.2. The average Bonchev–Trinajstić information content (AvgIpc) is 2.61. The third-order valence-electron chi connectivity index (χ3n) is 4.15. The van der Waals surface area contributed by atoms with Crippen LogP contribution >= 0.6 is 0 Å². The number of ether oxygens (including phenoxy) is 1. The van der Waals surface area contributed by atoms with E-state index in [1.54, 1.807) is 7.11 Å². The highest BCUT2D eigenvalue weighted by Crippen LogP contribution is 2.20. The van der Waals surface area contributed by atoms with Gasteiger partial charge in [0.2, 0.25) is 0 Å². The number of amides is 2. The van der Waals surface area contributed by atoms with Gasteiger partial charge in [-0.3, -0.25) is 14.5 Å². The Kier molecular flexibility index (Phi) is 7.06. The molecule has 1 aliphatic rings. The quantitative estimate of drug-likeness (QED) is 0.731. The summed E-state index contributed by atoms with van der Waals surface area (Å²) in [4.78, 5) is 27.8. The van der Waals surface area contributed by atoms with E-state index in [1.807, 2.05) is 26.0 Å². The van der Waals surface area contributed by atoms with Crippen LogP contribution < -0.4 is 20.3 Å². The predicted molar refractivity (Wildman–Crippen MR) is 97.9 cm³/mol. The number of nitrogens with zero attached hydrogens (tertiary/aromatic N) is 2. The van der Waals surface area contributed by atoms with Crippen molar-refractivity contribution < 1.29 is 14.3 Å². The van der Waals surface area contributed by atoms with Crippen LogP contribution in [-0.4, -0.2) is 69.1 Å². The zero-order valence-corrected chi connectivity index (χ0v) is 15.2. The van der Waals surface area contributed by atoms with Crippen molar-refractivity contribution in [2.75, 3.05) is 51.3 Å². The molecule has 1 aromatic carbocycles. The number of carbonyl (C=O) groups excluding carboxylic acids is 2. The Hall–Kier alpha value is -2.28. The van der Waals surface area contributed by atoms with Gasteiger partial charge in [0.1, 0.15) is 5.75 Å². The Labute approximate surface area is 149 Å². The van der Waals surface area contributed by atoms with Crippen LogP contribution in [0.4, 0.5) is 5.69 Å². The maximum atomic E-state index is 11.6. The molecule has 2 amide bonds. The Bertz CT molecular complexity index is 566. The lowest BCUT2D eigenvalue weighted by molar-refractivity contribution is -0.139. The first-order valence-electron chi connectivity index (χ1n) is 8.69. The summed E-state index contributed by atoms with van der Waals surface area (Å²) < 4.78 is 5.19. The monoisotopic (exact) mass is 348 g/mol. The van der Waals surface area contributed by atoms with Gasteiger partial charge in [-0.25, -0.2) is 0 Å². The molecular weight excluding hydrogens is 320 g/mol. The molecule has 1 heterocycles. The number of anilines is 1. The van der Waals surface area contributed by atoms with E-state index in [2.05, 4.69) is 32.6 Å². The normalized spacial score (nSPS) is 15.1. The van der Waals surface area contributed by atoms with Crippen molar-refractivity contribution in [3.63, 3.8) is 0 Å². The third-order valence-corrected chi connectivity index (χ3v) is 4.15. The van der Waals surface area contributed by atoms with Crippen molar-refractivity contribution in [3.8, 4) is 5.75 Å². The van der Waals surface area contributed by atoms with Crippen molar-refractivity contribution in [1.82, 2.24) is 15.5 Å². The lowest BCUT2D eigenvalue weighted by atomic mass is 10.2. The Morgan fingerprint density at radius 1 is 1.08 bits per heavy atom. The molecule has 0 aromatic heterocycles.